The third-order valence-corrected chi connectivity index (χ3v) is 5.61. The molecule has 4 rings (SSSR count). The van der Waals surface area contributed by atoms with Gasteiger partial charge in [0, 0.05) is 42.4 Å². The van der Waals surface area contributed by atoms with E-state index in [-0.39, 0.29) is 24.0 Å². The van der Waals surface area contributed by atoms with Crippen LogP contribution >= 0.6 is 35.7 Å². The van der Waals surface area contributed by atoms with Gasteiger partial charge in [0.15, 0.2) is 23.3 Å². The normalized spacial score (nSPS) is 13.1. The van der Waals surface area contributed by atoms with Gasteiger partial charge in [-0.15, -0.1) is 45.9 Å². The number of fused-ring (bicyclic) bond motifs is 1. The summed E-state index contributed by atoms with van der Waals surface area (Å²) in [6, 6.07) is 16.2. The highest BCUT2D eigenvalue weighted by Crippen LogP contribution is 2.32. The first-order valence-corrected chi connectivity index (χ1v) is 11.2. The lowest BCUT2D eigenvalue weighted by molar-refractivity contribution is 0.297. The van der Waals surface area contributed by atoms with Gasteiger partial charge in [-0.05, 0) is 24.3 Å². The maximum absolute atomic E-state index is 5.80. The zero-order chi connectivity index (χ0) is 21.3. The van der Waals surface area contributed by atoms with E-state index in [1.54, 1.807) is 18.1 Å². The number of ether oxygens (including phenoxy) is 2. The molecule has 1 aliphatic rings. The van der Waals surface area contributed by atoms with E-state index in [0.29, 0.717) is 25.7 Å². The van der Waals surface area contributed by atoms with E-state index in [2.05, 4.69) is 50.1 Å². The number of nitrogens with one attached hydrogen (secondary N) is 2. The van der Waals surface area contributed by atoms with Crippen LogP contribution < -0.4 is 20.1 Å². The molecule has 170 valence electrons. The lowest BCUT2D eigenvalue weighted by Crippen LogP contribution is -2.32. The Morgan fingerprint density at radius 3 is 2.72 bits per heavy atom. The molecule has 10 heteroatoms. The van der Waals surface area contributed by atoms with Gasteiger partial charge in [-0.1, -0.05) is 18.2 Å². The largest absolute Gasteiger partial charge is 0.490 e. The molecule has 1 aliphatic heterocycles. The summed E-state index contributed by atoms with van der Waals surface area (Å²) >= 11 is 1.80. The van der Waals surface area contributed by atoms with E-state index in [1.165, 1.54) is 4.90 Å². The van der Waals surface area contributed by atoms with Crippen molar-refractivity contribution in [2.75, 3.05) is 30.8 Å². The molecule has 0 radical (unpaired) electrons. The van der Waals surface area contributed by atoms with E-state index in [1.807, 2.05) is 35.9 Å². The Hall–Kier alpha value is -2.47. The van der Waals surface area contributed by atoms with E-state index in [4.69, 9.17) is 9.47 Å². The van der Waals surface area contributed by atoms with Gasteiger partial charge in [0.2, 0.25) is 0 Å². The van der Waals surface area contributed by atoms with Crippen molar-refractivity contribution in [3.05, 3.63) is 60.7 Å². The highest BCUT2D eigenvalue weighted by atomic mass is 127. The second kappa shape index (κ2) is 12.5. The zero-order valence-electron chi connectivity index (χ0n) is 17.9. The molecule has 1 aromatic heterocycles. The molecule has 32 heavy (non-hydrogen) atoms. The van der Waals surface area contributed by atoms with Crippen molar-refractivity contribution < 1.29 is 9.47 Å². The van der Waals surface area contributed by atoms with Crippen molar-refractivity contribution in [1.82, 2.24) is 20.1 Å². The van der Waals surface area contributed by atoms with Gasteiger partial charge in [-0.2, -0.15) is 0 Å². The molecule has 2 N–H and O–H groups in total. The molecule has 0 bridgehead atoms. The number of halogens is 1. The van der Waals surface area contributed by atoms with Crippen LogP contribution in [-0.2, 0) is 13.6 Å². The lowest BCUT2D eigenvalue weighted by atomic mass is 10.3. The highest BCUT2D eigenvalue weighted by Gasteiger charge is 2.12. The van der Waals surface area contributed by atoms with Crippen molar-refractivity contribution in [2.24, 2.45) is 12.0 Å². The molecule has 0 unspecified atom stereocenters. The number of hydrogen-bond acceptors (Lipinski definition) is 6. The topological polar surface area (TPSA) is 85.6 Å². The summed E-state index contributed by atoms with van der Waals surface area (Å²) < 4.78 is 13.4. The Kier molecular flexibility index (Phi) is 9.47. The van der Waals surface area contributed by atoms with Crippen LogP contribution in [0.1, 0.15) is 12.2 Å². The maximum atomic E-state index is 5.80. The number of guanidine groups is 1. The van der Waals surface area contributed by atoms with E-state index in [0.717, 1.165) is 41.7 Å². The van der Waals surface area contributed by atoms with Gasteiger partial charge < -0.3 is 24.7 Å². The molecular formula is C22H27IN6O2S. The number of aliphatic imine (C=N–C) groups is 1. The number of aromatic nitrogens is 3. The van der Waals surface area contributed by atoms with E-state index in [9.17, 15) is 0 Å². The van der Waals surface area contributed by atoms with Crippen molar-refractivity contribution in [3.8, 4) is 11.5 Å². The minimum absolute atomic E-state index is 0. The monoisotopic (exact) mass is 566 g/mol. The SMILES string of the molecule is Cn1cnnc1CN=C(NCCSc1ccccc1)Nc1ccc2c(c1)OCCCO2.I. The number of nitrogens with zero attached hydrogens (tertiary/aromatic N) is 4. The molecular weight excluding hydrogens is 539 g/mol. The first-order chi connectivity index (χ1) is 15.3. The summed E-state index contributed by atoms with van der Waals surface area (Å²) in [6.45, 7) is 2.50. The van der Waals surface area contributed by atoms with Crippen molar-refractivity contribution in [3.63, 3.8) is 0 Å². The first-order valence-electron chi connectivity index (χ1n) is 10.2. The Morgan fingerprint density at radius 1 is 1.12 bits per heavy atom. The first kappa shape index (κ1) is 24.2. The molecule has 2 heterocycles. The van der Waals surface area contributed by atoms with Gasteiger partial charge in [0.1, 0.15) is 12.9 Å². The third-order valence-electron chi connectivity index (χ3n) is 4.60. The summed E-state index contributed by atoms with van der Waals surface area (Å²) in [4.78, 5) is 5.94. The third kappa shape index (κ3) is 7.02. The zero-order valence-corrected chi connectivity index (χ0v) is 21.0. The van der Waals surface area contributed by atoms with Crippen molar-refractivity contribution in [1.29, 1.82) is 0 Å². The molecule has 2 aromatic carbocycles. The number of benzene rings is 2. The van der Waals surface area contributed by atoms with Crippen LogP contribution in [-0.4, -0.2) is 46.2 Å². The quantitative estimate of drug-likeness (QED) is 0.147. The Labute approximate surface area is 209 Å². The second-order valence-electron chi connectivity index (χ2n) is 6.95. The molecule has 0 spiro atoms. The molecule has 0 atom stereocenters. The van der Waals surface area contributed by atoms with Crippen LogP contribution in [0.5, 0.6) is 11.5 Å². The summed E-state index contributed by atoms with van der Waals surface area (Å²) in [5, 5.41) is 14.8. The maximum Gasteiger partial charge on any atom is 0.196 e. The van der Waals surface area contributed by atoms with Crippen LogP contribution in [0.15, 0.2) is 64.7 Å². The Balaban J connectivity index is 0.00000289. The average Bonchev–Trinajstić information content (AvgIpc) is 3.06. The number of aryl methyl sites for hydroxylation is 1. The Morgan fingerprint density at radius 2 is 1.94 bits per heavy atom. The van der Waals surface area contributed by atoms with Crippen molar-refractivity contribution >= 4 is 47.4 Å². The number of hydrogen-bond donors (Lipinski definition) is 2. The molecule has 0 fully saturated rings. The van der Waals surface area contributed by atoms with Crippen molar-refractivity contribution in [2.45, 2.75) is 17.9 Å². The van der Waals surface area contributed by atoms with E-state index < -0.39 is 0 Å². The summed E-state index contributed by atoms with van der Waals surface area (Å²) in [5.74, 6) is 3.89. The van der Waals surface area contributed by atoms with Gasteiger partial charge >= 0.3 is 0 Å². The number of rotatable bonds is 7. The second-order valence-corrected chi connectivity index (χ2v) is 8.12. The minimum atomic E-state index is 0. The molecule has 8 nitrogen and oxygen atoms in total. The smallest absolute Gasteiger partial charge is 0.196 e. The predicted octanol–water partition coefficient (Wildman–Crippen LogP) is 3.94. The average molecular weight is 566 g/mol. The number of thioether (sulfide) groups is 1. The van der Waals surface area contributed by atoms with Gasteiger partial charge in [0.05, 0.1) is 13.2 Å². The predicted molar refractivity (Wildman–Crippen MR) is 138 cm³/mol. The fraction of sp³-hybridized carbons (Fsp3) is 0.318. The van der Waals surface area contributed by atoms with Crippen LogP contribution in [0.25, 0.3) is 0 Å². The summed E-state index contributed by atoms with van der Waals surface area (Å²) in [6.07, 6.45) is 2.55. The van der Waals surface area contributed by atoms with Crippen LogP contribution in [0.3, 0.4) is 0 Å². The fourth-order valence-corrected chi connectivity index (χ4v) is 3.76. The van der Waals surface area contributed by atoms with Gasteiger partial charge in [-0.3, -0.25) is 0 Å². The standard InChI is InChI=1S/C22H26N6O2S.HI/c1-28-16-25-27-21(28)15-24-22(23-10-13-31-18-6-3-2-4-7-18)26-17-8-9-19-20(14-17)30-12-5-11-29-19;/h2-4,6-9,14,16H,5,10-13,15H2,1H3,(H2,23,24,26);1H. The number of anilines is 1. The fourth-order valence-electron chi connectivity index (χ4n) is 2.97. The van der Waals surface area contributed by atoms with E-state index >= 15 is 0 Å². The van der Waals surface area contributed by atoms with Crippen LogP contribution in [0, 0.1) is 0 Å². The lowest BCUT2D eigenvalue weighted by Gasteiger charge is -2.14. The molecule has 0 saturated heterocycles. The molecule has 3 aromatic rings. The van der Waals surface area contributed by atoms with Crippen LogP contribution in [0.2, 0.25) is 0 Å². The highest BCUT2D eigenvalue weighted by molar-refractivity contribution is 14.0. The molecule has 0 saturated carbocycles. The molecule has 0 amide bonds. The van der Waals surface area contributed by atoms with Gasteiger partial charge in [0.25, 0.3) is 0 Å². The molecule has 0 aliphatic carbocycles. The van der Waals surface area contributed by atoms with Crippen LogP contribution in [0.4, 0.5) is 5.69 Å². The summed E-state index contributed by atoms with van der Waals surface area (Å²) in [7, 11) is 1.91. The minimum Gasteiger partial charge on any atom is -0.490 e. The van der Waals surface area contributed by atoms with Gasteiger partial charge in [-0.25, -0.2) is 4.99 Å². The Bertz CT molecular complexity index is 1010. The summed E-state index contributed by atoms with van der Waals surface area (Å²) in [5.41, 5.74) is 0.879.